The Balaban J connectivity index is 2.15. The zero-order valence-corrected chi connectivity index (χ0v) is 13.9. The van der Waals surface area contributed by atoms with Crippen molar-refractivity contribution in [3.63, 3.8) is 0 Å². The Morgan fingerprint density at radius 3 is 2.68 bits per heavy atom. The highest BCUT2D eigenvalue weighted by molar-refractivity contribution is 6.16. The molecule has 5 aromatic rings. The molecule has 5 nitrogen and oxygen atoms in total. The Morgan fingerprint density at radius 2 is 1.88 bits per heavy atom. The Labute approximate surface area is 143 Å². The number of fused-ring (bicyclic) bond motifs is 4. The van der Waals surface area contributed by atoms with Crippen LogP contribution in [0.15, 0.2) is 53.3 Å². The molecular weight excluding hydrogens is 312 g/mol. The molecule has 2 heterocycles. The van der Waals surface area contributed by atoms with Crippen molar-refractivity contribution in [1.82, 2.24) is 9.38 Å². The normalized spacial score (nSPS) is 11.9. The summed E-state index contributed by atoms with van der Waals surface area (Å²) in [6, 6.07) is 15.5. The summed E-state index contributed by atoms with van der Waals surface area (Å²) >= 11 is 0. The second kappa shape index (κ2) is 4.60. The smallest absolute Gasteiger partial charge is 0.264 e. The van der Waals surface area contributed by atoms with Crippen molar-refractivity contribution in [2.75, 3.05) is 24.7 Å². The van der Waals surface area contributed by atoms with Gasteiger partial charge in [0.2, 0.25) is 0 Å². The third-order valence-corrected chi connectivity index (χ3v) is 4.83. The zero-order valence-electron chi connectivity index (χ0n) is 13.9. The Kier molecular flexibility index (Phi) is 2.58. The molecule has 0 fully saturated rings. The van der Waals surface area contributed by atoms with E-state index < -0.39 is 0 Å². The SMILES string of the molecule is CN(C)c1cc2cccc3c(=O)n4c5cc(N)ccc5nc4c(c1)c23. The lowest BCUT2D eigenvalue weighted by atomic mass is 10.0. The molecule has 0 spiro atoms. The molecule has 2 N–H and O–H groups in total. The highest BCUT2D eigenvalue weighted by Gasteiger charge is 2.17. The van der Waals surface area contributed by atoms with Gasteiger partial charge in [-0.2, -0.15) is 0 Å². The first-order valence-electron chi connectivity index (χ1n) is 8.12. The molecule has 0 aliphatic heterocycles. The number of hydrogen-bond donors (Lipinski definition) is 1. The van der Waals surface area contributed by atoms with E-state index in [1.54, 1.807) is 4.40 Å². The number of nitrogens with zero attached hydrogens (tertiary/aromatic N) is 3. The molecule has 3 aromatic carbocycles. The predicted octanol–water partition coefficient (Wildman–Crippen LogP) is 3.24. The second-order valence-corrected chi connectivity index (χ2v) is 6.62. The monoisotopic (exact) mass is 328 g/mol. The predicted molar refractivity (Wildman–Crippen MR) is 104 cm³/mol. The third kappa shape index (κ3) is 1.78. The minimum absolute atomic E-state index is 0.0567. The summed E-state index contributed by atoms with van der Waals surface area (Å²) < 4.78 is 1.68. The fourth-order valence-electron chi connectivity index (χ4n) is 3.62. The molecule has 0 radical (unpaired) electrons. The van der Waals surface area contributed by atoms with Crippen LogP contribution in [0.3, 0.4) is 0 Å². The van der Waals surface area contributed by atoms with Gasteiger partial charge in [0.15, 0.2) is 0 Å². The van der Waals surface area contributed by atoms with Gasteiger partial charge >= 0.3 is 0 Å². The van der Waals surface area contributed by atoms with Crippen LogP contribution in [0.1, 0.15) is 0 Å². The third-order valence-electron chi connectivity index (χ3n) is 4.83. The number of nitrogen functional groups attached to an aromatic ring is 1. The maximum Gasteiger partial charge on any atom is 0.264 e. The summed E-state index contributed by atoms with van der Waals surface area (Å²) in [6.07, 6.45) is 0. The van der Waals surface area contributed by atoms with Crippen LogP contribution in [0, 0.1) is 0 Å². The lowest BCUT2D eigenvalue weighted by Crippen LogP contribution is -2.14. The van der Waals surface area contributed by atoms with Crippen LogP contribution in [0.5, 0.6) is 0 Å². The van der Waals surface area contributed by atoms with Gasteiger partial charge in [0.05, 0.1) is 11.0 Å². The molecule has 0 aliphatic carbocycles. The van der Waals surface area contributed by atoms with Crippen LogP contribution < -0.4 is 16.2 Å². The summed E-state index contributed by atoms with van der Waals surface area (Å²) in [5.41, 5.74) is 9.78. The number of anilines is 2. The van der Waals surface area contributed by atoms with E-state index in [9.17, 15) is 4.79 Å². The molecule has 0 amide bonds. The van der Waals surface area contributed by atoms with Gasteiger partial charge in [0.1, 0.15) is 5.65 Å². The van der Waals surface area contributed by atoms with Gasteiger partial charge < -0.3 is 10.6 Å². The number of imidazole rings is 1. The van der Waals surface area contributed by atoms with Gasteiger partial charge in [-0.1, -0.05) is 12.1 Å². The maximum absolute atomic E-state index is 13.2. The van der Waals surface area contributed by atoms with Crippen molar-refractivity contribution in [3.8, 4) is 0 Å². The van der Waals surface area contributed by atoms with Crippen molar-refractivity contribution in [1.29, 1.82) is 0 Å². The van der Waals surface area contributed by atoms with Crippen LogP contribution in [-0.4, -0.2) is 23.5 Å². The summed E-state index contributed by atoms with van der Waals surface area (Å²) in [5, 5.41) is 3.69. The largest absolute Gasteiger partial charge is 0.399 e. The van der Waals surface area contributed by atoms with Crippen LogP contribution in [-0.2, 0) is 0 Å². The molecule has 122 valence electrons. The van der Waals surface area contributed by atoms with Gasteiger partial charge in [-0.05, 0) is 41.8 Å². The summed E-state index contributed by atoms with van der Waals surface area (Å²) in [6.45, 7) is 0. The zero-order chi connectivity index (χ0) is 17.3. The summed E-state index contributed by atoms with van der Waals surface area (Å²) in [7, 11) is 4.02. The number of benzene rings is 3. The van der Waals surface area contributed by atoms with Gasteiger partial charge in [0.25, 0.3) is 5.56 Å². The standard InChI is InChI=1S/C20H16N4O/c1-23(2)13-8-11-4-3-5-14-18(11)15(10-13)19-22-16-7-6-12(21)9-17(16)24(19)20(14)25/h3-10H,21H2,1-2H3. The minimum atomic E-state index is -0.0567. The van der Waals surface area contributed by atoms with E-state index in [-0.39, 0.29) is 5.56 Å². The van der Waals surface area contributed by atoms with E-state index in [1.807, 2.05) is 50.5 Å². The quantitative estimate of drug-likeness (QED) is 0.480. The first kappa shape index (κ1) is 14.0. The topological polar surface area (TPSA) is 63.6 Å². The van der Waals surface area contributed by atoms with Gasteiger partial charge in [0, 0.05) is 41.6 Å². The summed E-state index contributed by atoms with van der Waals surface area (Å²) in [5.74, 6) is 0. The van der Waals surface area contributed by atoms with Crippen molar-refractivity contribution < 1.29 is 0 Å². The maximum atomic E-state index is 13.2. The molecule has 5 heteroatoms. The molecule has 0 atom stereocenters. The Bertz CT molecular complexity index is 1350. The molecule has 0 saturated heterocycles. The van der Waals surface area contributed by atoms with Crippen molar-refractivity contribution in [3.05, 3.63) is 58.9 Å². The first-order chi connectivity index (χ1) is 12.0. The molecule has 2 aromatic heterocycles. The van der Waals surface area contributed by atoms with E-state index in [4.69, 9.17) is 10.7 Å². The van der Waals surface area contributed by atoms with E-state index in [0.29, 0.717) is 16.7 Å². The van der Waals surface area contributed by atoms with E-state index in [0.717, 1.165) is 32.9 Å². The molecule has 0 bridgehead atoms. The van der Waals surface area contributed by atoms with Crippen LogP contribution in [0.4, 0.5) is 11.4 Å². The fourth-order valence-corrected chi connectivity index (χ4v) is 3.62. The van der Waals surface area contributed by atoms with Crippen LogP contribution in [0.25, 0.3) is 38.2 Å². The van der Waals surface area contributed by atoms with Crippen molar-refractivity contribution in [2.45, 2.75) is 0 Å². The fraction of sp³-hybridized carbons (Fsp3) is 0.100. The minimum Gasteiger partial charge on any atom is -0.399 e. The average Bonchev–Trinajstić information content (AvgIpc) is 2.97. The second-order valence-electron chi connectivity index (χ2n) is 6.62. The number of nitrogens with two attached hydrogens (primary N) is 1. The van der Waals surface area contributed by atoms with Crippen LogP contribution in [0.2, 0.25) is 0 Å². The highest BCUT2D eigenvalue weighted by atomic mass is 16.1. The first-order valence-corrected chi connectivity index (χ1v) is 8.12. The Morgan fingerprint density at radius 1 is 1.04 bits per heavy atom. The molecule has 0 unspecified atom stereocenters. The lowest BCUT2D eigenvalue weighted by Gasteiger charge is -2.15. The molecule has 0 saturated carbocycles. The van der Waals surface area contributed by atoms with Gasteiger partial charge in [-0.3, -0.25) is 9.20 Å². The average molecular weight is 328 g/mol. The van der Waals surface area contributed by atoms with E-state index in [1.165, 1.54) is 0 Å². The number of aromatic nitrogens is 2. The summed E-state index contributed by atoms with van der Waals surface area (Å²) in [4.78, 5) is 20.0. The number of pyridine rings is 1. The van der Waals surface area contributed by atoms with Crippen molar-refractivity contribution >= 4 is 49.6 Å². The van der Waals surface area contributed by atoms with Crippen LogP contribution >= 0.6 is 0 Å². The molecule has 5 rings (SSSR count). The van der Waals surface area contributed by atoms with Crippen molar-refractivity contribution in [2.24, 2.45) is 0 Å². The molecule has 0 aliphatic rings. The molecular formula is C20H16N4O. The van der Waals surface area contributed by atoms with Gasteiger partial charge in [-0.15, -0.1) is 0 Å². The Hall–Kier alpha value is -3.34. The van der Waals surface area contributed by atoms with E-state index in [2.05, 4.69) is 17.0 Å². The van der Waals surface area contributed by atoms with E-state index >= 15 is 0 Å². The lowest BCUT2D eigenvalue weighted by molar-refractivity contribution is 1.13. The highest BCUT2D eigenvalue weighted by Crippen LogP contribution is 2.33. The number of rotatable bonds is 1. The van der Waals surface area contributed by atoms with Gasteiger partial charge in [-0.25, -0.2) is 4.98 Å². The molecule has 25 heavy (non-hydrogen) atoms. The number of hydrogen-bond acceptors (Lipinski definition) is 4.